The molecule has 0 atom stereocenters. The highest BCUT2D eigenvalue weighted by Gasteiger charge is 2.20. The van der Waals surface area contributed by atoms with E-state index < -0.39 is 5.97 Å². The topological polar surface area (TPSA) is 116 Å². The minimum absolute atomic E-state index is 0.0665. The summed E-state index contributed by atoms with van der Waals surface area (Å²) in [6.07, 6.45) is 0. The van der Waals surface area contributed by atoms with Crippen LogP contribution in [0.25, 0.3) is 10.9 Å². The van der Waals surface area contributed by atoms with Crippen molar-refractivity contribution in [3.8, 4) is 5.88 Å². The molecule has 0 radical (unpaired) electrons. The molecule has 0 saturated heterocycles. The highest BCUT2D eigenvalue weighted by molar-refractivity contribution is 6.22. The minimum atomic E-state index is -0.466. The fraction of sp³-hybridized carbons (Fsp3) is 0.0938. The number of rotatable bonds is 7. The van der Waals surface area contributed by atoms with Gasteiger partial charge in [0, 0.05) is 28.7 Å². The zero-order valence-electron chi connectivity index (χ0n) is 22.1. The molecule has 4 aromatic carbocycles. The molecule has 5 rings (SSSR count). The number of aromatic hydroxyl groups is 1. The molecule has 0 unspecified atom stereocenters. The molecule has 0 saturated carbocycles. The summed E-state index contributed by atoms with van der Waals surface area (Å²) >= 11 is 0. The van der Waals surface area contributed by atoms with E-state index >= 15 is 0 Å². The van der Waals surface area contributed by atoms with E-state index in [4.69, 9.17) is 9.73 Å². The molecule has 8 heteroatoms. The van der Waals surface area contributed by atoms with Crippen LogP contribution < -0.4 is 10.6 Å². The van der Waals surface area contributed by atoms with Crippen LogP contribution in [0.1, 0.15) is 32.6 Å². The molecule has 8 nitrogen and oxygen atoms in total. The van der Waals surface area contributed by atoms with Crippen molar-refractivity contribution >= 4 is 40.0 Å². The van der Waals surface area contributed by atoms with Gasteiger partial charge in [-0.15, -0.1) is 0 Å². The van der Waals surface area contributed by atoms with E-state index in [9.17, 15) is 14.7 Å². The van der Waals surface area contributed by atoms with Crippen LogP contribution in [0.4, 0.5) is 16.2 Å². The third kappa shape index (κ3) is 5.86. The van der Waals surface area contributed by atoms with Crippen molar-refractivity contribution in [2.24, 2.45) is 4.99 Å². The lowest BCUT2D eigenvalue weighted by molar-refractivity contribution is 0.0601. The zero-order valence-corrected chi connectivity index (χ0v) is 22.1. The summed E-state index contributed by atoms with van der Waals surface area (Å²) in [5, 5.41) is 17.3. The smallest absolute Gasteiger partial charge is 0.337 e. The Morgan fingerprint density at radius 1 is 0.900 bits per heavy atom. The first-order valence-corrected chi connectivity index (χ1v) is 12.7. The van der Waals surface area contributed by atoms with Gasteiger partial charge in [0.15, 0.2) is 5.88 Å². The fourth-order valence-corrected chi connectivity index (χ4v) is 4.34. The number of aryl methyl sites for hydroxylation is 1. The Balaban J connectivity index is 1.40. The number of ether oxygens (including phenoxy) is 1. The van der Waals surface area contributed by atoms with Crippen LogP contribution in [0.5, 0.6) is 5.88 Å². The molecule has 0 aliphatic carbocycles. The molecule has 1 aromatic heterocycles. The van der Waals surface area contributed by atoms with Crippen LogP contribution in [0.15, 0.2) is 102 Å². The molecule has 5 aromatic rings. The van der Waals surface area contributed by atoms with Gasteiger partial charge in [-0.1, -0.05) is 66.2 Å². The van der Waals surface area contributed by atoms with Crippen molar-refractivity contribution in [2.75, 3.05) is 12.4 Å². The Morgan fingerprint density at radius 3 is 2.33 bits per heavy atom. The van der Waals surface area contributed by atoms with Crippen molar-refractivity contribution < 1.29 is 19.4 Å². The molecule has 0 aliphatic rings. The number of urea groups is 1. The van der Waals surface area contributed by atoms with Crippen LogP contribution in [-0.4, -0.2) is 34.9 Å². The normalized spacial score (nSPS) is 11.3. The maximum Gasteiger partial charge on any atom is 0.337 e. The SMILES string of the molecule is COC(=O)c1ccc2c(C(=Nc3ccc(NC(=O)NCc4ccc(C)cc4)cc3)c3ccccc3)c(O)[nH]c2c1. The average molecular weight is 533 g/mol. The summed E-state index contributed by atoms with van der Waals surface area (Å²) in [4.78, 5) is 32.2. The molecular formula is C32H28N4O4. The lowest BCUT2D eigenvalue weighted by atomic mass is 10.00. The average Bonchev–Trinajstić information content (AvgIpc) is 3.31. The molecule has 2 amide bonds. The number of hydrogen-bond donors (Lipinski definition) is 4. The third-order valence-corrected chi connectivity index (χ3v) is 6.42. The van der Waals surface area contributed by atoms with E-state index in [-0.39, 0.29) is 11.9 Å². The first-order chi connectivity index (χ1) is 19.4. The van der Waals surface area contributed by atoms with Crippen LogP contribution in [0.2, 0.25) is 0 Å². The van der Waals surface area contributed by atoms with Gasteiger partial charge in [0.05, 0.1) is 29.6 Å². The van der Waals surface area contributed by atoms with Gasteiger partial charge in [-0.3, -0.25) is 0 Å². The van der Waals surface area contributed by atoms with E-state index in [1.807, 2.05) is 61.5 Å². The van der Waals surface area contributed by atoms with Gasteiger partial charge in [0.2, 0.25) is 0 Å². The summed E-state index contributed by atoms with van der Waals surface area (Å²) in [5.41, 5.74) is 6.23. The van der Waals surface area contributed by atoms with Gasteiger partial charge >= 0.3 is 12.0 Å². The van der Waals surface area contributed by atoms with E-state index in [0.29, 0.717) is 45.7 Å². The van der Waals surface area contributed by atoms with Crippen LogP contribution in [0.3, 0.4) is 0 Å². The van der Waals surface area contributed by atoms with Gasteiger partial charge in [0.1, 0.15) is 0 Å². The molecular weight excluding hydrogens is 504 g/mol. The number of hydrogen-bond acceptors (Lipinski definition) is 5. The van der Waals surface area contributed by atoms with Gasteiger partial charge in [-0.2, -0.15) is 0 Å². The second-order valence-electron chi connectivity index (χ2n) is 9.27. The zero-order chi connectivity index (χ0) is 28.1. The number of nitrogens with zero attached hydrogens (tertiary/aromatic N) is 1. The standard InChI is InChI=1S/C32H28N4O4/c1-20-8-10-21(11-9-20)19-33-32(39)35-25-15-13-24(14-16-25)34-29(22-6-4-3-5-7-22)28-26-17-12-23(31(38)40-2)18-27(26)36-30(28)37/h3-18,36-37H,19H2,1-2H3,(H2,33,35,39). The molecule has 0 spiro atoms. The molecule has 1 heterocycles. The van der Waals surface area contributed by atoms with Gasteiger partial charge in [-0.25, -0.2) is 14.6 Å². The van der Waals surface area contributed by atoms with E-state index in [1.54, 1.807) is 42.5 Å². The number of carbonyl (C=O) groups excluding carboxylic acids is 2. The first-order valence-electron chi connectivity index (χ1n) is 12.7. The number of benzene rings is 4. The summed E-state index contributed by atoms with van der Waals surface area (Å²) in [6, 6.07) is 29.4. The largest absolute Gasteiger partial charge is 0.494 e. The number of methoxy groups -OCH3 is 1. The summed E-state index contributed by atoms with van der Waals surface area (Å²) in [6.45, 7) is 2.44. The molecule has 0 bridgehead atoms. The lowest BCUT2D eigenvalue weighted by Gasteiger charge is -2.10. The number of aromatic amines is 1. The maximum absolute atomic E-state index is 12.4. The highest BCUT2D eigenvalue weighted by Crippen LogP contribution is 2.32. The number of amides is 2. The third-order valence-electron chi connectivity index (χ3n) is 6.42. The minimum Gasteiger partial charge on any atom is -0.494 e. The Bertz CT molecular complexity index is 1690. The molecule has 0 fully saturated rings. The van der Waals surface area contributed by atoms with Crippen LogP contribution in [0, 0.1) is 6.92 Å². The van der Waals surface area contributed by atoms with E-state index in [0.717, 1.165) is 11.1 Å². The fourth-order valence-electron chi connectivity index (χ4n) is 4.34. The molecule has 40 heavy (non-hydrogen) atoms. The Morgan fingerprint density at radius 2 is 1.62 bits per heavy atom. The second-order valence-corrected chi connectivity index (χ2v) is 9.27. The highest BCUT2D eigenvalue weighted by atomic mass is 16.5. The Hall–Kier alpha value is -5.37. The number of fused-ring (bicyclic) bond motifs is 1. The number of nitrogens with one attached hydrogen (secondary N) is 3. The number of H-pyrrole nitrogens is 1. The van der Waals surface area contributed by atoms with Gasteiger partial charge < -0.3 is 25.5 Å². The molecule has 0 aliphatic heterocycles. The monoisotopic (exact) mass is 532 g/mol. The van der Waals surface area contributed by atoms with Crippen LogP contribution >= 0.6 is 0 Å². The lowest BCUT2D eigenvalue weighted by Crippen LogP contribution is -2.28. The molecule has 4 N–H and O–H groups in total. The predicted octanol–water partition coefficient (Wildman–Crippen LogP) is 6.46. The first kappa shape index (κ1) is 26.2. The Labute approximate surface area is 231 Å². The van der Waals surface area contributed by atoms with Crippen molar-refractivity contribution in [2.45, 2.75) is 13.5 Å². The van der Waals surface area contributed by atoms with Gasteiger partial charge in [0.25, 0.3) is 0 Å². The predicted molar refractivity (Wildman–Crippen MR) is 157 cm³/mol. The Kier molecular flexibility index (Phi) is 7.59. The second kappa shape index (κ2) is 11.6. The van der Waals surface area contributed by atoms with E-state index in [2.05, 4.69) is 15.6 Å². The maximum atomic E-state index is 12.4. The quantitative estimate of drug-likeness (QED) is 0.142. The van der Waals surface area contributed by atoms with E-state index in [1.165, 1.54) is 12.7 Å². The van der Waals surface area contributed by atoms with Crippen molar-refractivity contribution in [1.82, 2.24) is 10.3 Å². The van der Waals surface area contributed by atoms with Crippen molar-refractivity contribution in [3.63, 3.8) is 0 Å². The number of anilines is 1. The van der Waals surface area contributed by atoms with Crippen LogP contribution in [-0.2, 0) is 11.3 Å². The van der Waals surface area contributed by atoms with Crippen molar-refractivity contribution in [1.29, 1.82) is 0 Å². The van der Waals surface area contributed by atoms with Crippen molar-refractivity contribution in [3.05, 3.63) is 125 Å². The number of aliphatic imine (C=N–C) groups is 1. The number of aromatic nitrogens is 1. The summed E-state index contributed by atoms with van der Waals surface area (Å²) in [5.74, 6) is -0.532. The molecule has 200 valence electrons. The summed E-state index contributed by atoms with van der Waals surface area (Å²) < 4.78 is 4.82. The summed E-state index contributed by atoms with van der Waals surface area (Å²) in [7, 11) is 1.32. The number of esters is 1. The number of carbonyl (C=O) groups is 2. The van der Waals surface area contributed by atoms with Gasteiger partial charge in [-0.05, 0) is 48.9 Å².